The fraction of sp³-hybridized carbons (Fsp3) is 0.387. The van der Waals surface area contributed by atoms with Gasteiger partial charge in [-0.25, -0.2) is 0 Å². The highest BCUT2D eigenvalue weighted by molar-refractivity contribution is 6.07. The van der Waals surface area contributed by atoms with Gasteiger partial charge in [0.15, 0.2) is 0 Å². The van der Waals surface area contributed by atoms with Crippen LogP contribution in [0, 0.1) is 0 Å². The Morgan fingerprint density at radius 2 is 0.679 bits per heavy atom. The Labute approximate surface area is 614 Å². The molecule has 0 saturated heterocycles. The molecule has 4 aliphatic heterocycles. The second-order valence-electron chi connectivity index (χ2n) is 25.8. The van der Waals surface area contributed by atoms with Crippen molar-refractivity contribution in [3.8, 4) is 23.0 Å². The summed E-state index contributed by atoms with van der Waals surface area (Å²) in [7, 11) is 3.90. The predicted molar refractivity (Wildman–Crippen MR) is 396 cm³/mol. The number of hydrogen-bond acceptors (Lipinski definition) is 21. The molecule has 12 bridgehead atoms. The number of nitrogens with zero attached hydrogens (tertiary/aromatic N) is 8. The molecule has 31 heteroatoms. The van der Waals surface area contributed by atoms with E-state index in [9.17, 15) is 63.6 Å². The van der Waals surface area contributed by atoms with Crippen LogP contribution in [0.15, 0.2) is 132 Å². The molecule has 0 aliphatic carbocycles. The first-order valence-corrected chi connectivity index (χ1v) is 35.5. The monoisotopic (exact) mass is 1460 g/mol. The Hall–Kier alpha value is -11.5. The van der Waals surface area contributed by atoms with Gasteiger partial charge in [-0.1, -0.05) is 30.7 Å². The maximum absolute atomic E-state index is 15.0. The van der Waals surface area contributed by atoms with E-state index in [2.05, 4.69) is 58.1 Å². The molecule has 10 amide bonds. The third-order valence-corrected chi connectivity index (χ3v) is 18.4. The van der Waals surface area contributed by atoms with Gasteiger partial charge in [-0.15, -0.1) is 0 Å². The molecule has 4 aliphatic rings. The molecule has 0 radical (unpaired) electrons. The SMILES string of the molecule is CN(C)c1ccc(N=Nc2ccc(C(=O)NCCNC(=O)CCCCCN3CCN4CCNC(=O)c5cccc(c5O)C(=O)NCCN(CCNC(=O)c5cccc(c5O)C3=O)CCN3CCNC(=O)c5cccc(c5O)C(=O)NCCN(CCNC(=O)c5cccc(c5O)C(=O)NCC3)CC4)cc2)cc1. The number of phenolic OH excluding ortho intramolecular Hbond substituents is 4. The fourth-order valence-corrected chi connectivity index (χ4v) is 12.2. The zero-order valence-electron chi connectivity index (χ0n) is 59.6. The first kappa shape index (κ1) is 78.6. The van der Waals surface area contributed by atoms with Crippen molar-refractivity contribution in [3.05, 3.63) is 171 Å². The predicted octanol–water partition coefficient (Wildman–Crippen LogP) is 3.00. The minimum atomic E-state index is -0.692. The van der Waals surface area contributed by atoms with Crippen LogP contribution in [0.4, 0.5) is 17.1 Å². The largest absolute Gasteiger partial charge is 0.506 e. The highest BCUT2D eigenvalue weighted by Gasteiger charge is 2.28. The van der Waals surface area contributed by atoms with Gasteiger partial charge in [0.25, 0.3) is 53.2 Å². The number of anilines is 1. The highest BCUT2D eigenvalue weighted by Crippen LogP contribution is 2.28. The summed E-state index contributed by atoms with van der Waals surface area (Å²) in [6.45, 7) is 2.27. The van der Waals surface area contributed by atoms with Crippen LogP contribution in [0.1, 0.15) is 119 Å². The van der Waals surface area contributed by atoms with E-state index in [1.165, 1.54) is 77.7 Å². The maximum atomic E-state index is 15.0. The summed E-state index contributed by atoms with van der Waals surface area (Å²) < 4.78 is 0. The lowest BCUT2D eigenvalue weighted by Crippen LogP contribution is -2.46. The second-order valence-corrected chi connectivity index (χ2v) is 25.8. The van der Waals surface area contributed by atoms with Crippen LogP contribution in [0.3, 0.4) is 0 Å². The fourth-order valence-electron chi connectivity index (χ4n) is 12.2. The van der Waals surface area contributed by atoms with E-state index < -0.39 is 70.3 Å². The standard InChI is InChI=1S/C75H93N17O14/c1-87(2)53-25-23-52(24-26-53)86-85-51-21-19-50(20-22-51)67(98)77-28-27-76-62(93)18-4-3-5-36-92-49-48-91-43-35-84-73(104)59-15-8-14-58(65(59)96)70(101)80-31-39-89(40-34-83-74(105)60-16-9-17-61(66(60)97)75(92)106)45-44-88-37-29-78-68(99)54-10-6-12-56(63(54)94)71(102)81-32-41-90(46-47-91)42-33-82-72(103)57-13-7-11-55(64(57)95)69(100)79-30-38-88/h6-17,19-26,94-97H,3-5,18,27-49H2,1-2H3,(H,76,93)(H,77,98)(H,78,99)(H,79,100)(H,80,101)(H,81,102)(H,82,103)(H,83,105)(H,84,104). The normalized spacial score (nSPS) is 19.0. The number of para-hydroxylation sites is 4. The topological polar surface area (TPSA) is 404 Å². The number of carbonyl (C=O) groups excluding carboxylic acids is 10. The minimum absolute atomic E-state index is 0.00101. The van der Waals surface area contributed by atoms with Crippen molar-refractivity contribution < 1.29 is 68.4 Å². The van der Waals surface area contributed by atoms with Crippen LogP contribution < -0.4 is 52.8 Å². The highest BCUT2D eigenvalue weighted by atomic mass is 16.3. The van der Waals surface area contributed by atoms with Crippen LogP contribution in [-0.4, -0.2) is 269 Å². The smallest absolute Gasteiger partial charge is 0.257 e. The number of nitrogens with one attached hydrogen (secondary N) is 9. The molecule has 10 rings (SSSR count). The number of phenols is 4. The van der Waals surface area contributed by atoms with Gasteiger partial charge in [0.1, 0.15) is 23.0 Å². The molecule has 6 aromatic carbocycles. The summed E-state index contributed by atoms with van der Waals surface area (Å²) >= 11 is 0. The molecule has 106 heavy (non-hydrogen) atoms. The minimum Gasteiger partial charge on any atom is -0.506 e. The quantitative estimate of drug-likeness (QED) is 0.0584. The average Bonchev–Trinajstić information content (AvgIpc) is 0.816. The van der Waals surface area contributed by atoms with Gasteiger partial charge in [-0.05, 0) is 110 Å². The summed E-state index contributed by atoms with van der Waals surface area (Å²) in [5.41, 5.74) is 1.35. The Kier molecular flexibility index (Phi) is 29.2. The van der Waals surface area contributed by atoms with E-state index >= 15 is 4.79 Å². The number of hydrogen-bond donors (Lipinski definition) is 13. The van der Waals surface area contributed by atoms with E-state index in [1.807, 2.05) is 62.9 Å². The van der Waals surface area contributed by atoms with Gasteiger partial charge < -0.3 is 78.1 Å². The zero-order chi connectivity index (χ0) is 75.5. The number of amides is 10. The molecular weight excluding hydrogens is 1360 g/mol. The van der Waals surface area contributed by atoms with Crippen molar-refractivity contribution in [1.29, 1.82) is 0 Å². The summed E-state index contributed by atoms with van der Waals surface area (Å²) in [6, 6.07) is 31.2. The van der Waals surface area contributed by atoms with Crippen molar-refractivity contribution in [2.75, 3.05) is 170 Å². The van der Waals surface area contributed by atoms with E-state index in [0.717, 1.165) is 5.69 Å². The lowest BCUT2D eigenvalue weighted by atomic mass is 10.1. The molecule has 31 nitrogen and oxygen atoms in total. The number of fused-ring (bicyclic) bond motifs is 16. The van der Waals surface area contributed by atoms with Crippen LogP contribution in [-0.2, 0) is 4.79 Å². The van der Waals surface area contributed by atoms with E-state index in [1.54, 1.807) is 24.3 Å². The number of unbranched alkanes of at least 4 members (excludes halogenated alkanes) is 2. The van der Waals surface area contributed by atoms with E-state index in [0.29, 0.717) is 36.2 Å². The summed E-state index contributed by atoms with van der Waals surface area (Å²) in [5, 5.41) is 80.4. The molecule has 4 heterocycles. The number of rotatable bonds is 13. The lowest BCUT2D eigenvalue weighted by Gasteiger charge is -2.31. The summed E-state index contributed by atoms with van der Waals surface area (Å²) in [6.07, 6.45) is 1.42. The molecule has 0 saturated carbocycles. The average molecular weight is 1460 g/mol. The van der Waals surface area contributed by atoms with Gasteiger partial charge in [-0.3, -0.25) is 67.5 Å². The Morgan fingerprint density at radius 3 is 1.03 bits per heavy atom. The van der Waals surface area contributed by atoms with Crippen molar-refractivity contribution in [1.82, 2.24) is 72.4 Å². The Morgan fingerprint density at radius 1 is 0.377 bits per heavy atom. The van der Waals surface area contributed by atoms with Gasteiger partial charge in [-0.2, -0.15) is 10.2 Å². The number of azo groups is 1. The Balaban J connectivity index is 0.965. The van der Waals surface area contributed by atoms with Crippen LogP contribution in [0.25, 0.3) is 0 Å². The number of aromatic hydroxyl groups is 4. The van der Waals surface area contributed by atoms with Crippen LogP contribution in [0.5, 0.6) is 23.0 Å². The molecule has 13 N–H and O–H groups in total. The molecule has 0 spiro atoms. The van der Waals surface area contributed by atoms with Crippen molar-refractivity contribution in [3.63, 3.8) is 0 Å². The molecule has 6 aromatic rings. The van der Waals surface area contributed by atoms with Crippen molar-refractivity contribution in [2.24, 2.45) is 10.2 Å². The van der Waals surface area contributed by atoms with Crippen LogP contribution >= 0.6 is 0 Å². The first-order valence-electron chi connectivity index (χ1n) is 35.5. The van der Waals surface area contributed by atoms with Crippen molar-refractivity contribution in [2.45, 2.75) is 25.7 Å². The summed E-state index contributed by atoms with van der Waals surface area (Å²) in [5.74, 6) is -8.17. The molecule has 2 unspecified atom stereocenters. The number of benzene rings is 6. The van der Waals surface area contributed by atoms with E-state index in [-0.39, 0.29) is 213 Å². The van der Waals surface area contributed by atoms with Crippen molar-refractivity contribution >= 4 is 76.1 Å². The van der Waals surface area contributed by atoms with E-state index in [4.69, 9.17) is 0 Å². The summed E-state index contributed by atoms with van der Waals surface area (Å²) in [4.78, 5) is 150. The molecule has 2 atom stereocenters. The van der Waals surface area contributed by atoms with Gasteiger partial charge >= 0.3 is 0 Å². The van der Waals surface area contributed by atoms with Crippen LogP contribution in [0.2, 0.25) is 0 Å². The zero-order valence-corrected chi connectivity index (χ0v) is 59.6. The molecule has 0 fully saturated rings. The number of carbonyl (C=O) groups is 10. The third-order valence-electron chi connectivity index (χ3n) is 18.4. The van der Waals surface area contributed by atoms with Gasteiger partial charge in [0, 0.05) is 182 Å². The molecular formula is C75H93N17O14. The van der Waals surface area contributed by atoms with Gasteiger partial charge in [0.05, 0.1) is 55.9 Å². The Bertz CT molecular complexity index is 4050. The first-order chi connectivity index (χ1) is 51.2. The maximum Gasteiger partial charge on any atom is 0.257 e. The van der Waals surface area contributed by atoms with Gasteiger partial charge in [0.2, 0.25) is 5.91 Å². The lowest BCUT2D eigenvalue weighted by molar-refractivity contribution is -0.121. The molecule has 562 valence electrons. The molecule has 0 aromatic heterocycles. The third kappa shape index (κ3) is 22.5. The second kappa shape index (κ2) is 39.4.